The first-order chi connectivity index (χ1) is 17.2. The van der Waals surface area contributed by atoms with Gasteiger partial charge in [0.15, 0.2) is 0 Å². The summed E-state index contributed by atoms with van der Waals surface area (Å²) in [6, 6.07) is 2.71. The van der Waals surface area contributed by atoms with Crippen LogP contribution in [0.4, 0.5) is 4.79 Å². The van der Waals surface area contributed by atoms with Crippen LogP contribution in [0.5, 0.6) is 0 Å². The SMILES string of the molecule is COC(=O)CNC(=O)C(c1cc(C)cc(C)c1)N(CCO)C(=O)C(CCC(N)=O)NC(=O)OC(C)(C)C. The molecule has 0 saturated carbocycles. The van der Waals surface area contributed by atoms with Crippen molar-refractivity contribution >= 4 is 29.8 Å². The normalized spacial score (nSPS) is 12.6. The molecule has 0 heterocycles. The monoisotopic (exact) mass is 522 g/mol. The minimum absolute atomic E-state index is 0.168. The summed E-state index contributed by atoms with van der Waals surface area (Å²) in [7, 11) is 1.17. The summed E-state index contributed by atoms with van der Waals surface area (Å²) in [6.07, 6.45) is -1.31. The highest BCUT2D eigenvalue weighted by Crippen LogP contribution is 2.25. The lowest BCUT2D eigenvalue weighted by atomic mass is 9.98. The second-order valence-corrected chi connectivity index (χ2v) is 9.58. The molecule has 0 aliphatic carbocycles. The van der Waals surface area contributed by atoms with Crippen molar-refractivity contribution in [3.63, 3.8) is 0 Å². The standard InChI is InChI=1S/C25H38N4O8/c1-15-11-16(2)13-17(12-15)21(22(33)27-14-20(32)36-6)29(9-10-30)23(34)18(7-8-19(26)31)28-24(35)37-25(3,4)5/h11-13,18,21,30H,7-10,14H2,1-6H3,(H2,26,31)(H,27,33)(H,28,35). The summed E-state index contributed by atoms with van der Waals surface area (Å²) in [4.78, 5) is 63.7. The molecule has 0 aliphatic heterocycles. The van der Waals surface area contributed by atoms with E-state index in [1.807, 2.05) is 19.9 Å². The molecular weight excluding hydrogens is 484 g/mol. The molecule has 12 heteroatoms. The van der Waals surface area contributed by atoms with E-state index in [9.17, 15) is 29.1 Å². The number of rotatable bonds is 12. The first kappa shape index (κ1) is 31.4. The first-order valence-electron chi connectivity index (χ1n) is 11.8. The second-order valence-electron chi connectivity index (χ2n) is 9.58. The number of nitrogens with zero attached hydrogens (tertiary/aromatic N) is 1. The zero-order valence-electron chi connectivity index (χ0n) is 22.3. The lowest BCUT2D eigenvalue weighted by Gasteiger charge is -2.34. The Bertz CT molecular complexity index is 969. The van der Waals surface area contributed by atoms with E-state index in [0.717, 1.165) is 16.0 Å². The van der Waals surface area contributed by atoms with Gasteiger partial charge in [0, 0.05) is 13.0 Å². The van der Waals surface area contributed by atoms with Gasteiger partial charge >= 0.3 is 12.1 Å². The van der Waals surface area contributed by atoms with E-state index in [1.54, 1.807) is 32.9 Å². The number of methoxy groups -OCH3 is 1. The van der Waals surface area contributed by atoms with Crippen molar-refractivity contribution in [2.24, 2.45) is 5.73 Å². The van der Waals surface area contributed by atoms with Gasteiger partial charge in [-0.2, -0.15) is 0 Å². The molecule has 0 bridgehead atoms. The highest BCUT2D eigenvalue weighted by molar-refractivity contribution is 5.93. The van der Waals surface area contributed by atoms with Gasteiger partial charge in [-0.3, -0.25) is 19.2 Å². The molecular formula is C25H38N4O8. The summed E-state index contributed by atoms with van der Waals surface area (Å²) >= 11 is 0. The van der Waals surface area contributed by atoms with Crippen molar-refractivity contribution in [3.8, 4) is 0 Å². The Balaban J connectivity index is 3.49. The lowest BCUT2D eigenvalue weighted by molar-refractivity contribution is -0.145. The van der Waals surface area contributed by atoms with Gasteiger partial charge in [-0.05, 0) is 46.6 Å². The number of carbonyl (C=O) groups is 5. The minimum Gasteiger partial charge on any atom is -0.468 e. The number of primary amides is 1. The summed E-state index contributed by atoms with van der Waals surface area (Å²) < 4.78 is 9.83. The van der Waals surface area contributed by atoms with Crippen molar-refractivity contribution in [1.82, 2.24) is 15.5 Å². The number of esters is 1. The number of aryl methyl sites for hydroxylation is 2. The molecule has 0 radical (unpaired) electrons. The van der Waals surface area contributed by atoms with Crippen molar-refractivity contribution in [1.29, 1.82) is 0 Å². The van der Waals surface area contributed by atoms with E-state index in [1.165, 1.54) is 7.11 Å². The van der Waals surface area contributed by atoms with Crippen LogP contribution in [0.2, 0.25) is 0 Å². The Morgan fingerprint density at radius 1 is 1.08 bits per heavy atom. The van der Waals surface area contributed by atoms with Crippen LogP contribution in [0.3, 0.4) is 0 Å². The topological polar surface area (TPSA) is 177 Å². The van der Waals surface area contributed by atoms with Crippen LogP contribution in [0.15, 0.2) is 18.2 Å². The Labute approximate surface area is 216 Å². The maximum atomic E-state index is 13.8. The zero-order valence-corrected chi connectivity index (χ0v) is 22.3. The molecule has 2 unspecified atom stereocenters. The Morgan fingerprint density at radius 2 is 1.68 bits per heavy atom. The van der Waals surface area contributed by atoms with Gasteiger partial charge in [-0.1, -0.05) is 29.3 Å². The van der Waals surface area contributed by atoms with E-state index in [0.29, 0.717) is 5.56 Å². The average molecular weight is 523 g/mol. The summed E-state index contributed by atoms with van der Waals surface area (Å²) in [5, 5.41) is 14.7. The van der Waals surface area contributed by atoms with Crippen molar-refractivity contribution in [3.05, 3.63) is 34.9 Å². The van der Waals surface area contributed by atoms with E-state index in [4.69, 9.17) is 10.5 Å². The molecule has 4 amide bonds. The van der Waals surface area contributed by atoms with Gasteiger partial charge in [-0.25, -0.2) is 4.79 Å². The highest BCUT2D eigenvalue weighted by Gasteiger charge is 2.36. The Morgan fingerprint density at radius 3 is 2.16 bits per heavy atom. The number of benzene rings is 1. The molecule has 0 saturated heterocycles. The summed E-state index contributed by atoms with van der Waals surface area (Å²) in [5.41, 5.74) is 6.46. The van der Waals surface area contributed by atoms with Crippen molar-refractivity contribution in [2.75, 3.05) is 26.8 Å². The van der Waals surface area contributed by atoms with E-state index in [-0.39, 0.29) is 19.4 Å². The molecule has 1 rings (SSSR count). The predicted molar refractivity (Wildman–Crippen MR) is 134 cm³/mol. The number of alkyl carbamates (subject to hydrolysis) is 1. The number of aliphatic hydroxyl groups is 1. The van der Waals surface area contributed by atoms with Crippen molar-refractivity contribution < 1.29 is 38.6 Å². The summed E-state index contributed by atoms with van der Waals surface area (Å²) in [5.74, 6) is -2.85. The molecule has 1 aromatic rings. The number of nitrogens with two attached hydrogens (primary N) is 1. The van der Waals surface area contributed by atoms with Gasteiger partial charge < -0.3 is 35.8 Å². The molecule has 0 aromatic heterocycles. The fourth-order valence-corrected chi connectivity index (χ4v) is 3.64. The van der Waals surface area contributed by atoms with Crippen LogP contribution >= 0.6 is 0 Å². The van der Waals surface area contributed by atoms with E-state index >= 15 is 0 Å². The number of aliphatic hydroxyl groups excluding tert-OH is 1. The first-order valence-corrected chi connectivity index (χ1v) is 11.8. The molecule has 0 aliphatic rings. The molecule has 206 valence electrons. The molecule has 37 heavy (non-hydrogen) atoms. The third kappa shape index (κ3) is 10.9. The maximum Gasteiger partial charge on any atom is 0.408 e. The van der Waals surface area contributed by atoms with Crippen LogP contribution in [-0.4, -0.2) is 78.2 Å². The third-order valence-electron chi connectivity index (χ3n) is 5.05. The Hall–Kier alpha value is -3.67. The number of ether oxygens (including phenoxy) is 2. The fourth-order valence-electron chi connectivity index (χ4n) is 3.64. The van der Waals surface area contributed by atoms with Crippen LogP contribution in [-0.2, 0) is 28.7 Å². The van der Waals surface area contributed by atoms with Gasteiger partial charge in [0.1, 0.15) is 24.2 Å². The zero-order chi connectivity index (χ0) is 28.3. The molecule has 2 atom stereocenters. The molecule has 1 aromatic carbocycles. The van der Waals surface area contributed by atoms with Gasteiger partial charge in [0.25, 0.3) is 0 Å². The predicted octanol–water partition coefficient (Wildman–Crippen LogP) is 0.613. The lowest BCUT2D eigenvalue weighted by Crippen LogP contribution is -2.54. The van der Waals surface area contributed by atoms with Gasteiger partial charge in [0.05, 0.1) is 13.7 Å². The quantitative estimate of drug-likeness (QED) is 0.289. The number of hydrogen-bond donors (Lipinski definition) is 4. The number of nitrogens with one attached hydrogen (secondary N) is 2. The van der Waals surface area contributed by atoms with E-state index < -0.39 is 60.6 Å². The molecule has 0 fully saturated rings. The van der Waals surface area contributed by atoms with Crippen molar-refractivity contribution in [2.45, 2.75) is 65.1 Å². The molecule has 5 N–H and O–H groups in total. The number of hydrogen-bond acceptors (Lipinski definition) is 8. The largest absolute Gasteiger partial charge is 0.468 e. The number of amides is 4. The summed E-state index contributed by atoms with van der Waals surface area (Å²) in [6.45, 7) is 7.33. The smallest absolute Gasteiger partial charge is 0.408 e. The molecule has 12 nitrogen and oxygen atoms in total. The molecule has 0 spiro atoms. The van der Waals surface area contributed by atoms with Crippen LogP contribution in [0.25, 0.3) is 0 Å². The van der Waals surface area contributed by atoms with Gasteiger partial charge in [0.2, 0.25) is 17.7 Å². The highest BCUT2D eigenvalue weighted by atomic mass is 16.6. The minimum atomic E-state index is -1.30. The van der Waals surface area contributed by atoms with Gasteiger partial charge in [-0.15, -0.1) is 0 Å². The third-order valence-corrected chi connectivity index (χ3v) is 5.05. The number of carbonyl (C=O) groups excluding carboxylic acids is 5. The van der Waals surface area contributed by atoms with Crippen LogP contribution < -0.4 is 16.4 Å². The van der Waals surface area contributed by atoms with Crippen LogP contribution in [0.1, 0.15) is 56.3 Å². The van der Waals surface area contributed by atoms with Crippen LogP contribution in [0, 0.1) is 13.8 Å². The Kier molecular flexibility index (Phi) is 12.0. The second kappa shape index (κ2) is 14.2. The maximum absolute atomic E-state index is 13.8. The average Bonchev–Trinajstić information content (AvgIpc) is 2.77. The fraction of sp³-hybridized carbons (Fsp3) is 0.560. The van der Waals surface area contributed by atoms with E-state index in [2.05, 4.69) is 15.4 Å².